The number of nitriles is 1. The van der Waals surface area contributed by atoms with Gasteiger partial charge in [-0.15, -0.1) is 0 Å². The molecule has 0 aliphatic heterocycles. The summed E-state index contributed by atoms with van der Waals surface area (Å²) in [6, 6.07) is 45.1. The summed E-state index contributed by atoms with van der Waals surface area (Å²) in [5.41, 5.74) is 9.10. The summed E-state index contributed by atoms with van der Waals surface area (Å²) in [6.07, 6.45) is 0. The van der Waals surface area contributed by atoms with Crippen LogP contribution in [-0.2, 0) is 0 Å². The van der Waals surface area contributed by atoms with Gasteiger partial charge in [0.25, 0.3) is 0 Å². The predicted octanol–water partition coefficient (Wildman–Crippen LogP) is 8.17. The number of hydrogen-bond acceptors (Lipinski definition) is 3. The minimum absolute atomic E-state index is 0.668. The SMILES string of the molecule is N#Cc1ccc(-c2ccc(-c3ccc(-c4nc(-c5ccccc5)c5ccccc5n4)cc3)cc2)cc1. The lowest BCUT2D eigenvalue weighted by Crippen LogP contribution is -1.95. The standard InChI is InChI=1S/C33H21N3/c34-22-23-10-12-24(13-11-23)25-14-16-26(17-15-25)27-18-20-29(21-19-27)33-35-31-9-5-4-8-30(31)32(36-33)28-6-2-1-3-7-28/h1-21H. The normalized spacial score (nSPS) is 10.8. The van der Waals surface area contributed by atoms with Gasteiger partial charge in [0.05, 0.1) is 22.8 Å². The van der Waals surface area contributed by atoms with Crippen molar-refractivity contribution in [2.45, 2.75) is 0 Å². The molecular formula is C33H21N3. The number of rotatable bonds is 4. The van der Waals surface area contributed by atoms with Crippen molar-refractivity contribution < 1.29 is 0 Å². The summed E-state index contributed by atoms with van der Waals surface area (Å²) in [5.74, 6) is 0.718. The van der Waals surface area contributed by atoms with Gasteiger partial charge < -0.3 is 0 Å². The number of benzene rings is 5. The third kappa shape index (κ3) is 4.13. The first-order valence-corrected chi connectivity index (χ1v) is 11.8. The van der Waals surface area contributed by atoms with Crippen molar-refractivity contribution >= 4 is 10.9 Å². The second-order valence-corrected chi connectivity index (χ2v) is 8.62. The maximum atomic E-state index is 9.01. The third-order valence-corrected chi connectivity index (χ3v) is 6.36. The first-order valence-electron chi connectivity index (χ1n) is 11.8. The molecule has 0 saturated carbocycles. The van der Waals surface area contributed by atoms with Crippen LogP contribution in [0.3, 0.4) is 0 Å². The Labute approximate surface area is 210 Å². The van der Waals surface area contributed by atoms with E-state index in [1.165, 1.54) is 0 Å². The van der Waals surface area contributed by atoms with Crippen molar-refractivity contribution in [2.75, 3.05) is 0 Å². The van der Waals surface area contributed by atoms with E-state index in [1.807, 2.05) is 60.7 Å². The lowest BCUT2D eigenvalue weighted by atomic mass is 9.99. The molecule has 6 rings (SSSR count). The molecule has 0 amide bonds. The fourth-order valence-electron chi connectivity index (χ4n) is 4.43. The molecule has 168 valence electrons. The highest BCUT2D eigenvalue weighted by atomic mass is 14.9. The van der Waals surface area contributed by atoms with Crippen LogP contribution in [0.4, 0.5) is 0 Å². The Bertz CT molecular complexity index is 1700. The number of fused-ring (bicyclic) bond motifs is 1. The highest BCUT2D eigenvalue weighted by Gasteiger charge is 2.11. The molecular weight excluding hydrogens is 438 g/mol. The van der Waals surface area contributed by atoms with Gasteiger partial charge in [-0.2, -0.15) is 5.26 Å². The Balaban J connectivity index is 1.32. The first kappa shape index (κ1) is 21.5. The van der Waals surface area contributed by atoms with Crippen molar-refractivity contribution in [3.63, 3.8) is 0 Å². The van der Waals surface area contributed by atoms with Crippen LogP contribution in [0.2, 0.25) is 0 Å². The minimum Gasteiger partial charge on any atom is -0.228 e. The zero-order valence-corrected chi connectivity index (χ0v) is 19.5. The Morgan fingerprint density at radius 3 is 1.53 bits per heavy atom. The highest BCUT2D eigenvalue weighted by Crippen LogP contribution is 2.30. The topological polar surface area (TPSA) is 49.6 Å². The van der Waals surface area contributed by atoms with Crippen LogP contribution < -0.4 is 0 Å². The molecule has 0 saturated heterocycles. The zero-order chi connectivity index (χ0) is 24.3. The summed E-state index contributed by atoms with van der Waals surface area (Å²) in [7, 11) is 0. The molecule has 36 heavy (non-hydrogen) atoms. The molecule has 1 aromatic heterocycles. The molecule has 0 radical (unpaired) electrons. The first-order chi connectivity index (χ1) is 17.8. The molecule has 1 heterocycles. The van der Waals surface area contributed by atoms with Gasteiger partial charge in [0, 0.05) is 16.5 Å². The van der Waals surface area contributed by atoms with Gasteiger partial charge in [-0.25, -0.2) is 9.97 Å². The number of aromatic nitrogens is 2. The quantitative estimate of drug-likeness (QED) is 0.267. The van der Waals surface area contributed by atoms with E-state index in [4.69, 9.17) is 15.2 Å². The molecule has 0 atom stereocenters. The lowest BCUT2D eigenvalue weighted by molar-refractivity contribution is 1.23. The van der Waals surface area contributed by atoms with E-state index in [0.29, 0.717) is 5.56 Å². The Hall–Kier alpha value is -5.07. The van der Waals surface area contributed by atoms with Crippen LogP contribution >= 0.6 is 0 Å². The Morgan fingerprint density at radius 1 is 0.444 bits per heavy atom. The fourth-order valence-corrected chi connectivity index (χ4v) is 4.43. The second-order valence-electron chi connectivity index (χ2n) is 8.62. The van der Waals surface area contributed by atoms with Crippen molar-refractivity contribution in [3.8, 4) is 51.0 Å². The maximum absolute atomic E-state index is 9.01. The zero-order valence-electron chi connectivity index (χ0n) is 19.5. The molecule has 0 N–H and O–H groups in total. The molecule has 5 aromatic carbocycles. The van der Waals surface area contributed by atoms with Crippen LogP contribution in [0, 0.1) is 11.3 Å². The average Bonchev–Trinajstić information content (AvgIpc) is 2.97. The van der Waals surface area contributed by atoms with E-state index in [-0.39, 0.29) is 0 Å². The Kier molecular flexibility index (Phi) is 5.54. The molecule has 0 fully saturated rings. The number of nitrogens with zero attached hydrogens (tertiary/aromatic N) is 3. The fraction of sp³-hybridized carbons (Fsp3) is 0. The average molecular weight is 460 g/mol. The molecule has 0 bridgehead atoms. The van der Waals surface area contributed by atoms with Crippen molar-refractivity contribution in [3.05, 3.63) is 133 Å². The summed E-state index contributed by atoms with van der Waals surface area (Å²) in [6.45, 7) is 0. The highest BCUT2D eigenvalue weighted by molar-refractivity contribution is 5.93. The molecule has 6 aromatic rings. The van der Waals surface area contributed by atoms with Gasteiger partial charge in [0.15, 0.2) is 5.82 Å². The second kappa shape index (κ2) is 9.29. The number of para-hydroxylation sites is 1. The minimum atomic E-state index is 0.668. The van der Waals surface area contributed by atoms with Crippen LogP contribution in [0.15, 0.2) is 127 Å². The summed E-state index contributed by atoms with van der Waals surface area (Å²) >= 11 is 0. The molecule has 0 unspecified atom stereocenters. The largest absolute Gasteiger partial charge is 0.228 e. The van der Waals surface area contributed by atoms with Crippen molar-refractivity contribution in [1.29, 1.82) is 5.26 Å². The molecule has 0 aliphatic rings. The predicted molar refractivity (Wildman–Crippen MR) is 146 cm³/mol. The van der Waals surface area contributed by atoms with Gasteiger partial charge in [-0.3, -0.25) is 0 Å². The van der Waals surface area contributed by atoms with Gasteiger partial charge in [-0.1, -0.05) is 109 Å². The van der Waals surface area contributed by atoms with Crippen molar-refractivity contribution in [2.24, 2.45) is 0 Å². The van der Waals surface area contributed by atoms with Gasteiger partial charge in [-0.05, 0) is 40.5 Å². The maximum Gasteiger partial charge on any atom is 0.160 e. The van der Waals surface area contributed by atoms with E-state index < -0.39 is 0 Å². The lowest BCUT2D eigenvalue weighted by Gasteiger charge is -2.10. The molecule has 3 nitrogen and oxygen atoms in total. The van der Waals surface area contributed by atoms with Crippen molar-refractivity contribution in [1.82, 2.24) is 9.97 Å². The van der Waals surface area contributed by atoms with Crippen LogP contribution in [0.1, 0.15) is 5.56 Å². The van der Waals surface area contributed by atoms with Crippen LogP contribution in [-0.4, -0.2) is 9.97 Å². The van der Waals surface area contributed by atoms with E-state index in [2.05, 4.69) is 72.8 Å². The van der Waals surface area contributed by atoms with Gasteiger partial charge >= 0.3 is 0 Å². The van der Waals surface area contributed by atoms with Gasteiger partial charge in [0.2, 0.25) is 0 Å². The summed E-state index contributed by atoms with van der Waals surface area (Å²) < 4.78 is 0. The van der Waals surface area contributed by atoms with E-state index in [1.54, 1.807) is 0 Å². The molecule has 0 aliphatic carbocycles. The van der Waals surface area contributed by atoms with E-state index in [9.17, 15) is 0 Å². The van der Waals surface area contributed by atoms with Crippen LogP contribution in [0.25, 0.3) is 55.8 Å². The van der Waals surface area contributed by atoms with Crippen LogP contribution in [0.5, 0.6) is 0 Å². The summed E-state index contributed by atoms with van der Waals surface area (Å²) in [4.78, 5) is 9.83. The van der Waals surface area contributed by atoms with E-state index >= 15 is 0 Å². The smallest absolute Gasteiger partial charge is 0.160 e. The summed E-state index contributed by atoms with van der Waals surface area (Å²) in [5, 5.41) is 10.1. The van der Waals surface area contributed by atoms with Gasteiger partial charge in [0.1, 0.15) is 0 Å². The third-order valence-electron chi connectivity index (χ3n) is 6.36. The number of hydrogen-bond donors (Lipinski definition) is 0. The monoisotopic (exact) mass is 459 g/mol. The molecule has 0 spiro atoms. The Morgan fingerprint density at radius 2 is 0.944 bits per heavy atom. The van der Waals surface area contributed by atoms with E-state index in [0.717, 1.165) is 55.8 Å². The molecule has 3 heteroatoms.